The second-order valence-electron chi connectivity index (χ2n) is 3.05. The topological polar surface area (TPSA) is 73.1 Å². The quantitative estimate of drug-likeness (QED) is 0.764. The Bertz CT molecular complexity index is 544. The molecule has 2 aromatic rings. The van der Waals surface area contributed by atoms with Gasteiger partial charge in [-0.25, -0.2) is 8.42 Å². The van der Waals surface area contributed by atoms with E-state index in [0.717, 1.165) is 11.8 Å². The van der Waals surface area contributed by atoms with Gasteiger partial charge in [-0.3, -0.25) is 0 Å². The molecule has 0 amide bonds. The zero-order chi connectivity index (χ0) is 10.9. The molecule has 0 spiro atoms. The molecule has 78 valence electrons. The number of nitrogens with zero attached hydrogens (tertiary/aromatic N) is 2. The molecule has 0 aliphatic carbocycles. The van der Waals surface area contributed by atoms with Gasteiger partial charge in [-0.15, -0.1) is 0 Å². The summed E-state index contributed by atoms with van der Waals surface area (Å²) < 4.78 is 26.9. The van der Waals surface area contributed by atoms with Gasteiger partial charge in [0.1, 0.15) is 0 Å². The Morgan fingerprint density at radius 3 is 2.33 bits per heavy atom. The lowest BCUT2D eigenvalue weighted by molar-refractivity contribution is 0.419. The summed E-state index contributed by atoms with van der Waals surface area (Å²) in [5, 5.41) is 3.64. The predicted octanol–water partition coefficient (Wildman–Crippen LogP) is 1.14. The third-order valence-corrected chi connectivity index (χ3v) is 3.03. The maximum Gasteiger partial charge on any atom is 0.214 e. The molecule has 0 aliphatic rings. The molecule has 2 rings (SSSR count). The SMILES string of the molecule is CS(=O)(=O)c1ccc(-c2ncon2)cc1. The van der Waals surface area contributed by atoms with Crippen LogP contribution in [-0.2, 0) is 9.84 Å². The van der Waals surface area contributed by atoms with Crippen molar-refractivity contribution in [2.24, 2.45) is 0 Å². The summed E-state index contributed by atoms with van der Waals surface area (Å²) in [6, 6.07) is 6.31. The lowest BCUT2D eigenvalue weighted by Crippen LogP contribution is -1.96. The van der Waals surface area contributed by atoms with E-state index in [9.17, 15) is 8.42 Å². The molecular formula is C9H8N2O3S. The molecule has 0 aliphatic heterocycles. The largest absolute Gasteiger partial charge is 0.342 e. The van der Waals surface area contributed by atoms with E-state index in [1.54, 1.807) is 12.1 Å². The summed E-state index contributed by atoms with van der Waals surface area (Å²) in [4.78, 5) is 4.12. The first-order chi connectivity index (χ1) is 7.07. The van der Waals surface area contributed by atoms with Gasteiger partial charge in [-0.05, 0) is 24.3 Å². The van der Waals surface area contributed by atoms with Crippen molar-refractivity contribution >= 4 is 9.84 Å². The van der Waals surface area contributed by atoms with Gasteiger partial charge in [0.25, 0.3) is 0 Å². The Balaban J connectivity index is 2.42. The second kappa shape index (κ2) is 3.47. The van der Waals surface area contributed by atoms with E-state index < -0.39 is 9.84 Å². The highest BCUT2D eigenvalue weighted by Crippen LogP contribution is 2.17. The molecule has 0 bridgehead atoms. The normalized spacial score (nSPS) is 11.5. The molecule has 0 unspecified atom stereocenters. The monoisotopic (exact) mass is 224 g/mol. The van der Waals surface area contributed by atoms with Crippen LogP contribution in [0.3, 0.4) is 0 Å². The Hall–Kier alpha value is -1.69. The van der Waals surface area contributed by atoms with Crippen LogP contribution in [0.5, 0.6) is 0 Å². The average Bonchev–Trinajstić information content (AvgIpc) is 2.69. The minimum absolute atomic E-state index is 0.273. The minimum Gasteiger partial charge on any atom is -0.342 e. The zero-order valence-electron chi connectivity index (χ0n) is 7.91. The summed E-state index contributed by atoms with van der Waals surface area (Å²) >= 11 is 0. The number of rotatable bonds is 2. The molecule has 6 heteroatoms. The molecule has 15 heavy (non-hydrogen) atoms. The van der Waals surface area contributed by atoms with Crippen molar-refractivity contribution in [3.8, 4) is 11.4 Å². The second-order valence-corrected chi connectivity index (χ2v) is 5.07. The lowest BCUT2D eigenvalue weighted by atomic mass is 10.2. The van der Waals surface area contributed by atoms with Gasteiger partial charge in [-0.1, -0.05) is 5.16 Å². The van der Waals surface area contributed by atoms with E-state index in [1.807, 2.05) is 0 Å². The van der Waals surface area contributed by atoms with Crippen LogP contribution in [0.4, 0.5) is 0 Å². The lowest BCUT2D eigenvalue weighted by Gasteiger charge is -1.98. The third kappa shape index (κ3) is 2.04. The average molecular weight is 224 g/mol. The highest BCUT2D eigenvalue weighted by molar-refractivity contribution is 7.90. The Morgan fingerprint density at radius 1 is 1.20 bits per heavy atom. The van der Waals surface area contributed by atoms with Gasteiger partial charge >= 0.3 is 0 Å². The van der Waals surface area contributed by atoms with E-state index in [1.165, 1.54) is 18.5 Å². The van der Waals surface area contributed by atoms with Crippen LogP contribution in [-0.4, -0.2) is 24.8 Å². The molecule has 0 atom stereocenters. The van der Waals surface area contributed by atoms with Crippen LogP contribution in [0.1, 0.15) is 0 Å². The van der Waals surface area contributed by atoms with Crippen molar-refractivity contribution in [1.82, 2.24) is 10.1 Å². The highest BCUT2D eigenvalue weighted by Gasteiger charge is 2.08. The van der Waals surface area contributed by atoms with E-state index in [4.69, 9.17) is 0 Å². The minimum atomic E-state index is -3.15. The fraction of sp³-hybridized carbons (Fsp3) is 0.111. The van der Waals surface area contributed by atoms with Crippen molar-refractivity contribution in [2.75, 3.05) is 6.26 Å². The molecule has 5 nitrogen and oxygen atoms in total. The smallest absolute Gasteiger partial charge is 0.214 e. The van der Waals surface area contributed by atoms with Crippen LogP contribution in [0, 0.1) is 0 Å². The fourth-order valence-corrected chi connectivity index (χ4v) is 1.78. The van der Waals surface area contributed by atoms with Gasteiger partial charge in [0.05, 0.1) is 4.90 Å². The molecule has 0 fully saturated rings. The van der Waals surface area contributed by atoms with Gasteiger partial charge in [-0.2, -0.15) is 4.98 Å². The number of sulfone groups is 1. The van der Waals surface area contributed by atoms with Crippen molar-refractivity contribution in [1.29, 1.82) is 0 Å². The standard InChI is InChI=1S/C9H8N2O3S/c1-15(12,13)8-4-2-7(3-5-8)9-10-6-14-11-9/h2-6H,1H3. The molecule has 0 saturated heterocycles. The van der Waals surface area contributed by atoms with E-state index in [2.05, 4.69) is 14.7 Å². The van der Waals surface area contributed by atoms with Gasteiger partial charge in [0, 0.05) is 11.8 Å². The predicted molar refractivity (Wildman–Crippen MR) is 52.8 cm³/mol. The molecule has 1 heterocycles. The van der Waals surface area contributed by atoms with Crippen molar-refractivity contribution in [3.63, 3.8) is 0 Å². The molecule has 0 saturated carbocycles. The zero-order valence-corrected chi connectivity index (χ0v) is 8.73. The third-order valence-electron chi connectivity index (χ3n) is 1.90. The van der Waals surface area contributed by atoms with Gasteiger partial charge in [0.2, 0.25) is 12.2 Å². The van der Waals surface area contributed by atoms with Crippen LogP contribution in [0.2, 0.25) is 0 Å². The molecule has 0 radical (unpaired) electrons. The van der Waals surface area contributed by atoms with Crippen LogP contribution in [0.15, 0.2) is 40.1 Å². The Morgan fingerprint density at radius 2 is 1.87 bits per heavy atom. The van der Waals surface area contributed by atoms with Crippen molar-refractivity contribution < 1.29 is 12.9 Å². The van der Waals surface area contributed by atoms with E-state index in [0.29, 0.717) is 5.82 Å². The number of aromatic nitrogens is 2. The van der Waals surface area contributed by atoms with Gasteiger partial charge in [0.15, 0.2) is 9.84 Å². The Labute approximate surface area is 86.7 Å². The Kier molecular flexibility index (Phi) is 2.28. The highest BCUT2D eigenvalue weighted by atomic mass is 32.2. The summed E-state index contributed by atoms with van der Waals surface area (Å²) in [5.41, 5.74) is 0.719. The summed E-state index contributed by atoms with van der Waals surface area (Å²) in [6.07, 6.45) is 2.39. The molecular weight excluding hydrogens is 216 g/mol. The number of hydrogen-bond acceptors (Lipinski definition) is 5. The summed E-state index contributed by atoms with van der Waals surface area (Å²) in [6.45, 7) is 0. The molecule has 0 N–H and O–H groups in total. The van der Waals surface area contributed by atoms with Crippen LogP contribution < -0.4 is 0 Å². The van der Waals surface area contributed by atoms with Gasteiger partial charge < -0.3 is 4.52 Å². The molecule has 1 aromatic carbocycles. The van der Waals surface area contributed by atoms with E-state index in [-0.39, 0.29) is 4.90 Å². The summed E-state index contributed by atoms with van der Waals surface area (Å²) in [7, 11) is -3.15. The number of benzene rings is 1. The van der Waals surface area contributed by atoms with Crippen molar-refractivity contribution in [3.05, 3.63) is 30.7 Å². The molecule has 1 aromatic heterocycles. The fourth-order valence-electron chi connectivity index (χ4n) is 1.15. The maximum atomic E-state index is 11.2. The van der Waals surface area contributed by atoms with Crippen LogP contribution >= 0.6 is 0 Å². The maximum absolute atomic E-state index is 11.2. The van der Waals surface area contributed by atoms with Crippen molar-refractivity contribution in [2.45, 2.75) is 4.90 Å². The first kappa shape index (κ1) is 9.85. The summed E-state index contributed by atoms with van der Waals surface area (Å²) in [5.74, 6) is 0.440. The first-order valence-corrected chi connectivity index (χ1v) is 6.03. The first-order valence-electron chi connectivity index (χ1n) is 4.14. The van der Waals surface area contributed by atoms with E-state index >= 15 is 0 Å². The van der Waals surface area contributed by atoms with Crippen LogP contribution in [0.25, 0.3) is 11.4 Å². The number of hydrogen-bond donors (Lipinski definition) is 0.